The van der Waals surface area contributed by atoms with E-state index in [0.717, 1.165) is 17.8 Å². The average Bonchev–Trinajstić information content (AvgIpc) is 3.06. The van der Waals surface area contributed by atoms with E-state index in [0.29, 0.717) is 12.0 Å². The Bertz CT molecular complexity index is 532. The van der Waals surface area contributed by atoms with E-state index in [4.69, 9.17) is 0 Å². The molecule has 0 saturated heterocycles. The van der Waals surface area contributed by atoms with Gasteiger partial charge in [-0.25, -0.2) is 0 Å². The molecule has 1 amide bonds. The highest BCUT2D eigenvalue weighted by molar-refractivity contribution is 6.04. The van der Waals surface area contributed by atoms with Gasteiger partial charge in [-0.15, -0.1) is 0 Å². The lowest BCUT2D eigenvalue weighted by Gasteiger charge is -2.26. The van der Waals surface area contributed by atoms with Gasteiger partial charge in [-0.1, -0.05) is 13.0 Å². The molecule has 1 saturated carbocycles. The normalized spacial score (nSPS) is 19.0. The number of hydrogen-bond donors (Lipinski definition) is 1. The van der Waals surface area contributed by atoms with Crippen molar-refractivity contribution in [1.29, 1.82) is 0 Å². The molecule has 0 bridgehead atoms. The molecule has 3 nitrogen and oxygen atoms in total. The highest BCUT2D eigenvalue weighted by Gasteiger charge is 2.42. The van der Waals surface area contributed by atoms with Gasteiger partial charge < -0.3 is 10.2 Å². The van der Waals surface area contributed by atoms with Gasteiger partial charge in [0.15, 0.2) is 0 Å². The number of rotatable bonds is 4. The standard InChI is InChI=1S/C16H22N2O/c1-4-16(7-8-16)10-18(3)13-6-5-11(2)12-9-17-15(19)14(12)13/h5-6H,4,7-10H2,1-3H3,(H,17,19). The summed E-state index contributed by atoms with van der Waals surface area (Å²) in [5.74, 6) is 0.0851. The van der Waals surface area contributed by atoms with Crippen molar-refractivity contribution in [2.24, 2.45) is 5.41 Å². The van der Waals surface area contributed by atoms with Crippen LogP contribution in [0.5, 0.6) is 0 Å². The number of benzene rings is 1. The second-order valence-electron chi connectivity index (χ2n) is 6.15. The number of hydrogen-bond acceptors (Lipinski definition) is 2. The second kappa shape index (κ2) is 4.26. The Hall–Kier alpha value is -1.51. The first kappa shape index (κ1) is 12.5. The maximum absolute atomic E-state index is 12.1. The second-order valence-corrected chi connectivity index (χ2v) is 6.15. The first-order valence-electron chi connectivity index (χ1n) is 7.18. The van der Waals surface area contributed by atoms with E-state index in [-0.39, 0.29) is 5.91 Å². The monoisotopic (exact) mass is 258 g/mol. The van der Waals surface area contributed by atoms with E-state index in [9.17, 15) is 4.79 Å². The third-order valence-corrected chi connectivity index (χ3v) is 4.87. The fraction of sp³-hybridized carbons (Fsp3) is 0.562. The van der Waals surface area contributed by atoms with Crippen LogP contribution in [0.15, 0.2) is 12.1 Å². The van der Waals surface area contributed by atoms with Gasteiger partial charge in [-0.2, -0.15) is 0 Å². The summed E-state index contributed by atoms with van der Waals surface area (Å²) in [6.45, 7) is 6.09. The van der Waals surface area contributed by atoms with Crippen LogP contribution in [-0.2, 0) is 6.54 Å². The Labute approximate surface area is 115 Å². The van der Waals surface area contributed by atoms with Gasteiger partial charge in [0.25, 0.3) is 5.91 Å². The van der Waals surface area contributed by atoms with Crippen molar-refractivity contribution in [3.05, 3.63) is 28.8 Å². The molecule has 0 aromatic heterocycles. The number of aryl methyl sites for hydroxylation is 1. The molecule has 2 aliphatic rings. The first-order valence-corrected chi connectivity index (χ1v) is 7.18. The zero-order valence-electron chi connectivity index (χ0n) is 12.0. The third kappa shape index (κ3) is 2.01. The molecule has 1 aromatic carbocycles. The summed E-state index contributed by atoms with van der Waals surface area (Å²) in [7, 11) is 2.12. The van der Waals surface area contributed by atoms with Crippen LogP contribution in [0.1, 0.15) is 47.7 Å². The summed E-state index contributed by atoms with van der Waals surface area (Å²) in [5, 5.41) is 2.95. The summed E-state index contributed by atoms with van der Waals surface area (Å²) in [4.78, 5) is 14.3. The number of amides is 1. The zero-order valence-corrected chi connectivity index (χ0v) is 12.0. The lowest BCUT2D eigenvalue weighted by molar-refractivity contribution is 0.0966. The van der Waals surface area contributed by atoms with Gasteiger partial charge in [0.05, 0.1) is 5.56 Å². The van der Waals surface area contributed by atoms with E-state index in [1.54, 1.807) is 0 Å². The van der Waals surface area contributed by atoms with Crippen molar-refractivity contribution in [1.82, 2.24) is 5.32 Å². The number of carbonyl (C=O) groups is 1. The number of carbonyl (C=O) groups excluding carboxylic acids is 1. The minimum absolute atomic E-state index is 0.0851. The highest BCUT2D eigenvalue weighted by atomic mass is 16.1. The number of nitrogens with zero attached hydrogens (tertiary/aromatic N) is 1. The molecule has 19 heavy (non-hydrogen) atoms. The Morgan fingerprint density at radius 1 is 1.37 bits per heavy atom. The molecular weight excluding hydrogens is 236 g/mol. The van der Waals surface area contributed by atoms with Crippen LogP contribution in [0.3, 0.4) is 0 Å². The fourth-order valence-electron chi connectivity index (χ4n) is 3.18. The third-order valence-electron chi connectivity index (χ3n) is 4.87. The molecule has 1 aliphatic carbocycles. The highest BCUT2D eigenvalue weighted by Crippen LogP contribution is 2.49. The number of fused-ring (bicyclic) bond motifs is 1. The Balaban J connectivity index is 1.93. The van der Waals surface area contributed by atoms with Crippen molar-refractivity contribution in [3.8, 4) is 0 Å². The van der Waals surface area contributed by atoms with Gasteiger partial charge in [0, 0.05) is 25.8 Å². The molecule has 1 heterocycles. The average molecular weight is 258 g/mol. The van der Waals surface area contributed by atoms with E-state index in [1.165, 1.54) is 30.4 Å². The van der Waals surface area contributed by atoms with E-state index in [1.807, 2.05) is 0 Å². The van der Waals surface area contributed by atoms with Crippen molar-refractivity contribution in [2.45, 2.75) is 39.7 Å². The lowest BCUT2D eigenvalue weighted by atomic mass is 9.99. The number of nitrogens with one attached hydrogen (secondary N) is 1. The molecule has 0 atom stereocenters. The Kier molecular flexibility index (Phi) is 2.80. The summed E-state index contributed by atoms with van der Waals surface area (Å²) in [6, 6.07) is 4.24. The first-order chi connectivity index (χ1) is 9.06. The maximum atomic E-state index is 12.1. The fourth-order valence-corrected chi connectivity index (χ4v) is 3.18. The molecule has 0 unspecified atom stereocenters. The van der Waals surface area contributed by atoms with Crippen LogP contribution in [0, 0.1) is 12.3 Å². The molecule has 1 aliphatic heterocycles. The molecule has 1 fully saturated rings. The van der Waals surface area contributed by atoms with Crippen LogP contribution in [0.4, 0.5) is 5.69 Å². The zero-order chi connectivity index (χ0) is 13.6. The molecule has 1 N–H and O–H groups in total. The minimum atomic E-state index is 0.0851. The van der Waals surface area contributed by atoms with Crippen molar-refractivity contribution in [2.75, 3.05) is 18.5 Å². The maximum Gasteiger partial charge on any atom is 0.254 e. The minimum Gasteiger partial charge on any atom is -0.373 e. The predicted molar refractivity (Wildman–Crippen MR) is 77.6 cm³/mol. The van der Waals surface area contributed by atoms with Crippen molar-refractivity contribution >= 4 is 11.6 Å². The summed E-state index contributed by atoms with van der Waals surface area (Å²) in [5.41, 5.74) is 4.88. The predicted octanol–water partition coefficient (Wildman–Crippen LogP) is 2.86. The SMILES string of the molecule is CCC1(CN(C)c2ccc(C)c3c2C(=O)NC3)CC1. The molecule has 0 radical (unpaired) electrons. The van der Waals surface area contributed by atoms with Crippen LogP contribution < -0.4 is 10.2 Å². The van der Waals surface area contributed by atoms with Gasteiger partial charge >= 0.3 is 0 Å². The largest absolute Gasteiger partial charge is 0.373 e. The topological polar surface area (TPSA) is 32.3 Å². The molecule has 3 heteroatoms. The molecule has 3 rings (SSSR count). The van der Waals surface area contributed by atoms with Crippen molar-refractivity contribution < 1.29 is 4.79 Å². The van der Waals surface area contributed by atoms with E-state index < -0.39 is 0 Å². The molecule has 0 spiro atoms. The number of anilines is 1. The van der Waals surface area contributed by atoms with E-state index in [2.05, 4.69) is 43.2 Å². The van der Waals surface area contributed by atoms with Gasteiger partial charge in [-0.3, -0.25) is 4.79 Å². The van der Waals surface area contributed by atoms with Crippen LogP contribution in [0.25, 0.3) is 0 Å². The Morgan fingerprint density at radius 3 is 2.74 bits per heavy atom. The smallest absolute Gasteiger partial charge is 0.254 e. The molecular formula is C16H22N2O. The van der Waals surface area contributed by atoms with Gasteiger partial charge in [0.2, 0.25) is 0 Å². The van der Waals surface area contributed by atoms with Gasteiger partial charge in [-0.05, 0) is 48.8 Å². The summed E-state index contributed by atoms with van der Waals surface area (Å²) in [6.07, 6.45) is 3.89. The molecule has 1 aromatic rings. The van der Waals surface area contributed by atoms with E-state index >= 15 is 0 Å². The van der Waals surface area contributed by atoms with Crippen LogP contribution in [-0.4, -0.2) is 19.5 Å². The summed E-state index contributed by atoms with van der Waals surface area (Å²) < 4.78 is 0. The molecule has 102 valence electrons. The quantitative estimate of drug-likeness (QED) is 0.900. The van der Waals surface area contributed by atoms with Crippen molar-refractivity contribution in [3.63, 3.8) is 0 Å². The lowest BCUT2D eigenvalue weighted by Crippen LogP contribution is -2.28. The van der Waals surface area contributed by atoms with Crippen LogP contribution >= 0.6 is 0 Å². The summed E-state index contributed by atoms with van der Waals surface area (Å²) >= 11 is 0. The Morgan fingerprint density at radius 2 is 2.11 bits per heavy atom. The van der Waals surface area contributed by atoms with Gasteiger partial charge in [0.1, 0.15) is 0 Å². The van der Waals surface area contributed by atoms with Crippen LogP contribution in [0.2, 0.25) is 0 Å².